The highest BCUT2D eigenvalue weighted by atomic mass is 16.5. The molecule has 1 amide bonds. The zero-order valence-corrected chi connectivity index (χ0v) is 11.6. The topological polar surface area (TPSA) is 71.3 Å². The van der Waals surface area contributed by atoms with Crippen molar-refractivity contribution < 1.29 is 14.3 Å². The molecule has 0 heterocycles. The van der Waals surface area contributed by atoms with E-state index >= 15 is 0 Å². The highest BCUT2D eigenvalue weighted by Crippen LogP contribution is 2.22. The van der Waals surface area contributed by atoms with Gasteiger partial charge in [0.2, 0.25) is 0 Å². The molecule has 1 aromatic rings. The molecule has 1 rings (SSSR count). The third kappa shape index (κ3) is 3.88. The lowest BCUT2D eigenvalue weighted by molar-refractivity contribution is 0.0937. The maximum atomic E-state index is 12.1. The molecule has 5 heteroatoms. The van der Waals surface area contributed by atoms with Gasteiger partial charge < -0.3 is 14.8 Å². The number of rotatable bonds is 5. The molecule has 1 atom stereocenters. The van der Waals surface area contributed by atoms with E-state index in [4.69, 9.17) is 14.7 Å². The van der Waals surface area contributed by atoms with E-state index in [0.29, 0.717) is 17.1 Å². The van der Waals surface area contributed by atoms with E-state index in [2.05, 4.69) is 11.4 Å². The molecule has 0 aliphatic heterocycles. The monoisotopic (exact) mass is 262 g/mol. The van der Waals surface area contributed by atoms with E-state index in [-0.39, 0.29) is 11.8 Å². The van der Waals surface area contributed by atoms with Gasteiger partial charge in [0.25, 0.3) is 5.91 Å². The predicted octanol–water partition coefficient (Wildman–Crippen LogP) is 1.98. The number of nitriles is 1. The second kappa shape index (κ2) is 6.64. The Morgan fingerprint density at radius 1 is 1.21 bits per heavy atom. The first-order valence-electron chi connectivity index (χ1n) is 5.95. The third-order valence-electron chi connectivity index (χ3n) is 2.71. The van der Waals surface area contributed by atoms with Gasteiger partial charge in [-0.3, -0.25) is 4.79 Å². The zero-order valence-electron chi connectivity index (χ0n) is 11.6. The Morgan fingerprint density at radius 2 is 1.74 bits per heavy atom. The number of nitrogens with one attached hydrogen (secondary N) is 1. The molecule has 0 spiro atoms. The molecule has 5 nitrogen and oxygen atoms in total. The molecular formula is C14H18N2O3. The summed E-state index contributed by atoms with van der Waals surface area (Å²) < 4.78 is 10.2. The summed E-state index contributed by atoms with van der Waals surface area (Å²) in [4.78, 5) is 12.1. The number of ether oxygens (including phenoxy) is 2. The standard InChI is InChI=1S/C14H18N2O3/c1-9(2)13(8-15)16-14(17)10-5-11(18-3)7-12(6-10)19-4/h5-7,9,13H,1-4H3,(H,16,17). The number of hydrogen-bond donors (Lipinski definition) is 1. The van der Waals surface area contributed by atoms with Crippen LogP contribution in [-0.2, 0) is 0 Å². The van der Waals surface area contributed by atoms with E-state index in [1.54, 1.807) is 18.2 Å². The van der Waals surface area contributed by atoms with Crippen LogP contribution in [0.1, 0.15) is 24.2 Å². The van der Waals surface area contributed by atoms with Crippen LogP contribution in [0.5, 0.6) is 11.5 Å². The SMILES string of the molecule is COc1cc(OC)cc(C(=O)NC(C#N)C(C)C)c1. The molecule has 0 aliphatic carbocycles. The van der Waals surface area contributed by atoms with Gasteiger partial charge in [-0.15, -0.1) is 0 Å². The molecule has 0 fully saturated rings. The Balaban J connectivity index is 2.96. The van der Waals surface area contributed by atoms with Gasteiger partial charge in [-0.1, -0.05) is 13.8 Å². The smallest absolute Gasteiger partial charge is 0.252 e. The minimum absolute atomic E-state index is 0.0430. The largest absolute Gasteiger partial charge is 0.497 e. The van der Waals surface area contributed by atoms with Crippen LogP contribution in [0.2, 0.25) is 0 Å². The molecule has 1 aromatic carbocycles. The molecule has 0 aromatic heterocycles. The zero-order chi connectivity index (χ0) is 14.4. The molecule has 0 saturated heterocycles. The Bertz CT molecular complexity index is 470. The van der Waals surface area contributed by atoms with Gasteiger partial charge >= 0.3 is 0 Å². The summed E-state index contributed by atoms with van der Waals surface area (Å²) in [6, 6.07) is 6.43. The summed E-state index contributed by atoms with van der Waals surface area (Å²) >= 11 is 0. The molecule has 0 radical (unpaired) electrons. The highest BCUT2D eigenvalue weighted by molar-refractivity contribution is 5.95. The number of carbonyl (C=O) groups excluding carboxylic acids is 1. The summed E-state index contributed by atoms with van der Waals surface area (Å²) in [6.45, 7) is 3.75. The summed E-state index contributed by atoms with van der Waals surface area (Å²) in [5, 5.41) is 11.7. The number of hydrogen-bond acceptors (Lipinski definition) is 4. The van der Waals surface area contributed by atoms with Gasteiger partial charge in [-0.2, -0.15) is 5.26 Å². The summed E-state index contributed by atoms with van der Waals surface area (Å²) in [5.41, 5.74) is 0.400. The van der Waals surface area contributed by atoms with Crippen molar-refractivity contribution in [3.63, 3.8) is 0 Å². The number of amides is 1. The quantitative estimate of drug-likeness (QED) is 0.880. The Hall–Kier alpha value is -2.22. The Morgan fingerprint density at radius 3 is 2.11 bits per heavy atom. The second-order valence-corrected chi connectivity index (χ2v) is 4.43. The molecule has 102 valence electrons. The van der Waals surface area contributed by atoms with Crippen LogP contribution in [0.3, 0.4) is 0 Å². The van der Waals surface area contributed by atoms with Crippen molar-refractivity contribution in [2.24, 2.45) is 5.92 Å². The van der Waals surface area contributed by atoms with Crippen LogP contribution in [-0.4, -0.2) is 26.2 Å². The summed E-state index contributed by atoms with van der Waals surface area (Å²) in [6.07, 6.45) is 0. The molecule has 0 aliphatic rings. The van der Waals surface area contributed by atoms with Gasteiger partial charge in [0.05, 0.1) is 20.3 Å². The maximum absolute atomic E-state index is 12.1. The lowest BCUT2D eigenvalue weighted by Crippen LogP contribution is -2.37. The van der Waals surface area contributed by atoms with Crippen LogP contribution < -0.4 is 14.8 Å². The molecule has 0 saturated carbocycles. The predicted molar refractivity (Wildman–Crippen MR) is 71.3 cm³/mol. The van der Waals surface area contributed by atoms with Crippen molar-refractivity contribution in [1.29, 1.82) is 5.26 Å². The van der Waals surface area contributed by atoms with Crippen LogP contribution in [0.25, 0.3) is 0 Å². The third-order valence-corrected chi connectivity index (χ3v) is 2.71. The van der Waals surface area contributed by atoms with Crippen molar-refractivity contribution in [2.45, 2.75) is 19.9 Å². The van der Waals surface area contributed by atoms with Crippen molar-refractivity contribution in [1.82, 2.24) is 5.32 Å². The molecule has 0 bridgehead atoms. The minimum Gasteiger partial charge on any atom is -0.497 e. The lowest BCUT2D eigenvalue weighted by atomic mass is 10.1. The van der Waals surface area contributed by atoms with E-state index in [1.165, 1.54) is 14.2 Å². The fourth-order valence-electron chi connectivity index (χ4n) is 1.51. The highest BCUT2D eigenvalue weighted by Gasteiger charge is 2.17. The van der Waals surface area contributed by atoms with Crippen molar-refractivity contribution in [3.05, 3.63) is 23.8 Å². The van der Waals surface area contributed by atoms with Crippen LogP contribution in [0.4, 0.5) is 0 Å². The van der Waals surface area contributed by atoms with Crippen LogP contribution in [0, 0.1) is 17.2 Å². The number of benzene rings is 1. The van der Waals surface area contributed by atoms with Gasteiger partial charge in [0, 0.05) is 11.6 Å². The van der Waals surface area contributed by atoms with Gasteiger partial charge in [-0.25, -0.2) is 0 Å². The first-order valence-corrected chi connectivity index (χ1v) is 5.95. The lowest BCUT2D eigenvalue weighted by Gasteiger charge is -2.15. The first-order chi connectivity index (χ1) is 9.01. The Labute approximate surface area is 113 Å². The summed E-state index contributed by atoms with van der Waals surface area (Å²) in [5.74, 6) is 0.781. The van der Waals surface area contributed by atoms with Gasteiger partial charge in [0.15, 0.2) is 0 Å². The number of carbonyl (C=O) groups is 1. The van der Waals surface area contributed by atoms with E-state index in [0.717, 1.165) is 0 Å². The fourth-order valence-corrected chi connectivity index (χ4v) is 1.51. The first kappa shape index (κ1) is 14.8. The van der Waals surface area contributed by atoms with E-state index < -0.39 is 6.04 Å². The van der Waals surface area contributed by atoms with Gasteiger partial charge in [0.1, 0.15) is 17.5 Å². The number of methoxy groups -OCH3 is 2. The summed E-state index contributed by atoms with van der Waals surface area (Å²) in [7, 11) is 3.03. The van der Waals surface area contributed by atoms with Crippen molar-refractivity contribution in [2.75, 3.05) is 14.2 Å². The van der Waals surface area contributed by atoms with Crippen LogP contribution >= 0.6 is 0 Å². The minimum atomic E-state index is -0.523. The van der Waals surface area contributed by atoms with Crippen molar-refractivity contribution >= 4 is 5.91 Å². The second-order valence-electron chi connectivity index (χ2n) is 4.43. The molecule has 19 heavy (non-hydrogen) atoms. The molecule has 1 unspecified atom stereocenters. The average Bonchev–Trinajstić information content (AvgIpc) is 2.43. The maximum Gasteiger partial charge on any atom is 0.252 e. The van der Waals surface area contributed by atoms with Gasteiger partial charge in [-0.05, 0) is 18.1 Å². The number of nitrogens with zero attached hydrogens (tertiary/aromatic N) is 1. The molecule has 1 N–H and O–H groups in total. The fraction of sp³-hybridized carbons (Fsp3) is 0.429. The van der Waals surface area contributed by atoms with Crippen molar-refractivity contribution in [3.8, 4) is 17.6 Å². The normalized spacial score (nSPS) is 11.6. The average molecular weight is 262 g/mol. The van der Waals surface area contributed by atoms with E-state index in [9.17, 15) is 4.79 Å². The Kier molecular flexibility index (Phi) is 5.19. The molecular weight excluding hydrogens is 244 g/mol. The van der Waals surface area contributed by atoms with Crippen LogP contribution in [0.15, 0.2) is 18.2 Å². The van der Waals surface area contributed by atoms with E-state index in [1.807, 2.05) is 13.8 Å².